The fourth-order valence-electron chi connectivity index (χ4n) is 2.38. The first-order valence-corrected chi connectivity index (χ1v) is 9.80. The molecule has 1 aromatic carbocycles. The highest BCUT2D eigenvalue weighted by molar-refractivity contribution is 7.10. The summed E-state index contributed by atoms with van der Waals surface area (Å²) < 4.78 is 0. The molecule has 2 aromatic rings. The first-order valence-electron chi connectivity index (χ1n) is 8.92. The van der Waals surface area contributed by atoms with Crippen molar-refractivity contribution in [1.29, 1.82) is 0 Å². The molecule has 2 rings (SSSR count). The maximum Gasteiger partial charge on any atom is 0.243 e. The van der Waals surface area contributed by atoms with Crippen LogP contribution < -0.4 is 16.0 Å². The third-order valence-electron chi connectivity index (χ3n) is 3.74. The maximum absolute atomic E-state index is 12.3. The van der Waals surface area contributed by atoms with E-state index in [9.17, 15) is 14.4 Å². The van der Waals surface area contributed by atoms with Crippen LogP contribution in [0.5, 0.6) is 0 Å². The van der Waals surface area contributed by atoms with E-state index in [-0.39, 0.29) is 18.4 Å². The number of benzene rings is 1. The number of amides is 3. The topological polar surface area (TPSA) is 87.3 Å². The lowest BCUT2D eigenvalue weighted by atomic mass is 10.1. The Kier molecular flexibility index (Phi) is 8.76. The summed E-state index contributed by atoms with van der Waals surface area (Å²) >= 11 is 1.55. The van der Waals surface area contributed by atoms with Gasteiger partial charge in [-0.25, -0.2) is 0 Å². The SMILES string of the molecule is CC(=O)N[C@@H](CCC#Cc1cccs1)C(=O)NCC(=O)NCc1ccccc1. The molecule has 6 nitrogen and oxygen atoms in total. The van der Waals surface area contributed by atoms with Gasteiger partial charge in [0, 0.05) is 19.9 Å². The molecule has 0 radical (unpaired) electrons. The van der Waals surface area contributed by atoms with Crippen LogP contribution in [0.15, 0.2) is 47.8 Å². The number of nitrogens with one attached hydrogen (secondary N) is 3. The molecule has 0 saturated heterocycles. The lowest BCUT2D eigenvalue weighted by Gasteiger charge is -2.16. The lowest BCUT2D eigenvalue weighted by molar-refractivity contribution is -0.129. The molecule has 0 aliphatic carbocycles. The van der Waals surface area contributed by atoms with E-state index in [1.54, 1.807) is 11.3 Å². The summed E-state index contributed by atoms with van der Waals surface area (Å²) in [7, 11) is 0. The fourth-order valence-corrected chi connectivity index (χ4v) is 2.97. The standard InChI is InChI=1S/C21H23N3O3S/c1-16(25)24-19(12-6-5-10-18-11-7-13-28-18)21(27)23-15-20(26)22-14-17-8-3-2-4-9-17/h2-4,7-9,11,13,19H,6,12,14-15H2,1H3,(H,22,26)(H,23,27)(H,24,25)/t19-/m0/s1. The predicted octanol–water partition coefficient (Wildman–Crippen LogP) is 1.82. The largest absolute Gasteiger partial charge is 0.350 e. The molecule has 3 amide bonds. The molecular formula is C21H23N3O3S. The Morgan fingerprint density at radius 1 is 1.07 bits per heavy atom. The van der Waals surface area contributed by atoms with Crippen LogP contribution in [0.3, 0.4) is 0 Å². The number of hydrogen-bond donors (Lipinski definition) is 3. The first-order chi connectivity index (χ1) is 13.5. The van der Waals surface area contributed by atoms with Gasteiger partial charge in [0.2, 0.25) is 17.7 Å². The number of carbonyl (C=O) groups is 3. The van der Waals surface area contributed by atoms with E-state index in [1.165, 1.54) is 6.92 Å². The molecule has 0 saturated carbocycles. The van der Waals surface area contributed by atoms with Gasteiger partial charge in [0.05, 0.1) is 11.4 Å². The molecule has 0 aliphatic rings. The highest BCUT2D eigenvalue weighted by Gasteiger charge is 2.19. The van der Waals surface area contributed by atoms with Gasteiger partial charge in [-0.3, -0.25) is 14.4 Å². The summed E-state index contributed by atoms with van der Waals surface area (Å²) in [5, 5.41) is 9.86. The molecule has 28 heavy (non-hydrogen) atoms. The molecular weight excluding hydrogens is 374 g/mol. The Hall–Kier alpha value is -3.11. The van der Waals surface area contributed by atoms with Crippen molar-refractivity contribution in [3.05, 3.63) is 58.3 Å². The Balaban J connectivity index is 1.77. The Morgan fingerprint density at radius 3 is 2.54 bits per heavy atom. The molecule has 146 valence electrons. The smallest absolute Gasteiger partial charge is 0.243 e. The van der Waals surface area contributed by atoms with Crippen molar-refractivity contribution >= 4 is 29.1 Å². The summed E-state index contributed by atoms with van der Waals surface area (Å²) in [5.41, 5.74) is 0.975. The van der Waals surface area contributed by atoms with Crippen molar-refractivity contribution in [2.75, 3.05) is 6.54 Å². The number of hydrogen-bond acceptors (Lipinski definition) is 4. The van der Waals surface area contributed by atoms with E-state index in [1.807, 2.05) is 47.8 Å². The van der Waals surface area contributed by atoms with Crippen molar-refractivity contribution in [1.82, 2.24) is 16.0 Å². The first kappa shape index (κ1) is 21.2. The van der Waals surface area contributed by atoms with E-state index >= 15 is 0 Å². The Labute approximate surface area is 168 Å². The van der Waals surface area contributed by atoms with Gasteiger partial charge in [0.1, 0.15) is 6.04 Å². The van der Waals surface area contributed by atoms with Gasteiger partial charge in [-0.1, -0.05) is 48.2 Å². The normalized spacial score (nSPS) is 10.9. The average molecular weight is 398 g/mol. The third kappa shape index (κ3) is 8.06. The average Bonchev–Trinajstić information content (AvgIpc) is 3.21. The Morgan fingerprint density at radius 2 is 1.86 bits per heavy atom. The summed E-state index contributed by atoms with van der Waals surface area (Å²) in [5.74, 6) is 5.01. The molecule has 1 heterocycles. The van der Waals surface area contributed by atoms with E-state index in [0.29, 0.717) is 19.4 Å². The van der Waals surface area contributed by atoms with Crippen molar-refractivity contribution in [3.63, 3.8) is 0 Å². The van der Waals surface area contributed by atoms with Crippen molar-refractivity contribution in [3.8, 4) is 11.8 Å². The van der Waals surface area contributed by atoms with Crippen LogP contribution in [0.1, 0.15) is 30.2 Å². The van der Waals surface area contributed by atoms with Crippen molar-refractivity contribution < 1.29 is 14.4 Å². The zero-order valence-electron chi connectivity index (χ0n) is 15.7. The van der Waals surface area contributed by atoms with Gasteiger partial charge < -0.3 is 16.0 Å². The van der Waals surface area contributed by atoms with Gasteiger partial charge in [-0.05, 0) is 23.4 Å². The number of carbonyl (C=O) groups excluding carboxylic acids is 3. The van der Waals surface area contributed by atoms with Crippen LogP contribution in [-0.2, 0) is 20.9 Å². The number of rotatable bonds is 8. The monoisotopic (exact) mass is 397 g/mol. The van der Waals surface area contributed by atoms with Gasteiger partial charge in [-0.2, -0.15) is 0 Å². The van der Waals surface area contributed by atoms with Crippen LogP contribution in [0.25, 0.3) is 0 Å². The van der Waals surface area contributed by atoms with Gasteiger partial charge in [-0.15, -0.1) is 11.3 Å². The minimum Gasteiger partial charge on any atom is -0.350 e. The molecule has 1 aromatic heterocycles. The van der Waals surface area contributed by atoms with Crippen LogP contribution in [0.4, 0.5) is 0 Å². The zero-order chi connectivity index (χ0) is 20.2. The molecule has 0 fully saturated rings. The fraction of sp³-hybridized carbons (Fsp3) is 0.286. The molecule has 0 unspecified atom stereocenters. The van der Waals surface area contributed by atoms with Gasteiger partial charge in [0.15, 0.2) is 0 Å². The predicted molar refractivity (Wildman–Crippen MR) is 109 cm³/mol. The van der Waals surface area contributed by atoms with Gasteiger partial charge >= 0.3 is 0 Å². The van der Waals surface area contributed by atoms with E-state index in [2.05, 4.69) is 27.8 Å². The van der Waals surface area contributed by atoms with Crippen LogP contribution in [0, 0.1) is 11.8 Å². The highest BCUT2D eigenvalue weighted by atomic mass is 32.1. The zero-order valence-corrected chi connectivity index (χ0v) is 16.5. The molecule has 0 aliphatic heterocycles. The molecule has 7 heteroatoms. The third-order valence-corrected chi connectivity index (χ3v) is 4.53. The van der Waals surface area contributed by atoms with Crippen LogP contribution in [0.2, 0.25) is 0 Å². The second-order valence-corrected chi connectivity index (χ2v) is 7.00. The Bertz CT molecular complexity index is 839. The van der Waals surface area contributed by atoms with E-state index < -0.39 is 11.9 Å². The number of thiophene rings is 1. The lowest BCUT2D eigenvalue weighted by Crippen LogP contribution is -2.48. The van der Waals surface area contributed by atoms with Crippen molar-refractivity contribution in [2.24, 2.45) is 0 Å². The van der Waals surface area contributed by atoms with Crippen LogP contribution >= 0.6 is 11.3 Å². The quantitative estimate of drug-likeness (QED) is 0.594. The second kappa shape index (κ2) is 11.6. The minimum atomic E-state index is -0.725. The molecule has 1 atom stereocenters. The van der Waals surface area contributed by atoms with Crippen LogP contribution in [-0.4, -0.2) is 30.3 Å². The summed E-state index contributed by atoms with van der Waals surface area (Å²) in [6.45, 7) is 1.59. The summed E-state index contributed by atoms with van der Waals surface area (Å²) in [6.07, 6.45) is 0.825. The van der Waals surface area contributed by atoms with E-state index in [0.717, 1.165) is 10.4 Å². The highest BCUT2D eigenvalue weighted by Crippen LogP contribution is 2.06. The molecule has 3 N–H and O–H groups in total. The summed E-state index contributed by atoms with van der Waals surface area (Å²) in [4.78, 5) is 36.6. The van der Waals surface area contributed by atoms with Gasteiger partial charge in [0.25, 0.3) is 0 Å². The van der Waals surface area contributed by atoms with Crippen molar-refractivity contribution in [2.45, 2.75) is 32.4 Å². The molecule has 0 bridgehead atoms. The maximum atomic E-state index is 12.3. The minimum absolute atomic E-state index is 0.150. The molecule has 0 spiro atoms. The van der Waals surface area contributed by atoms with E-state index in [4.69, 9.17) is 0 Å². The summed E-state index contributed by atoms with van der Waals surface area (Å²) in [6, 6.07) is 12.6. The second-order valence-electron chi connectivity index (χ2n) is 6.05.